The molecule has 0 spiro atoms. The third-order valence-electron chi connectivity index (χ3n) is 5.36. The molecule has 0 saturated heterocycles. The second-order valence-electron chi connectivity index (χ2n) is 9.26. The van der Waals surface area contributed by atoms with Crippen LogP contribution < -0.4 is 15.4 Å². The molecule has 0 unspecified atom stereocenters. The molecule has 0 aliphatic carbocycles. The molecule has 0 atom stereocenters. The van der Waals surface area contributed by atoms with Crippen LogP contribution in [0.15, 0.2) is 67.0 Å². The summed E-state index contributed by atoms with van der Waals surface area (Å²) in [4.78, 5) is 28.5. The fourth-order valence-corrected chi connectivity index (χ4v) is 3.54. The van der Waals surface area contributed by atoms with Crippen LogP contribution in [0.25, 0.3) is 10.9 Å². The zero-order chi connectivity index (χ0) is 25.4. The molecule has 0 aliphatic rings. The number of carbonyl (C=O) groups excluding carboxylic acids is 2. The molecular formula is C28H32N4O3. The van der Waals surface area contributed by atoms with E-state index in [0.717, 1.165) is 33.5 Å². The molecule has 0 aliphatic heterocycles. The van der Waals surface area contributed by atoms with Crippen molar-refractivity contribution < 1.29 is 14.3 Å². The highest BCUT2D eigenvalue weighted by molar-refractivity contribution is 5.89. The summed E-state index contributed by atoms with van der Waals surface area (Å²) in [6.45, 7) is 10.4. The maximum absolute atomic E-state index is 11.1. The number of hydrogen-bond acceptors (Lipinski definition) is 4. The van der Waals surface area contributed by atoms with Crippen molar-refractivity contribution in [2.45, 2.75) is 46.6 Å². The van der Waals surface area contributed by atoms with E-state index in [-0.39, 0.29) is 11.3 Å². The lowest BCUT2D eigenvalue weighted by Crippen LogP contribution is -2.10. The van der Waals surface area contributed by atoms with Gasteiger partial charge in [-0.1, -0.05) is 39.0 Å². The number of fused-ring (bicyclic) bond motifs is 1. The molecule has 2 heterocycles. The van der Waals surface area contributed by atoms with Crippen LogP contribution in [0.1, 0.15) is 44.4 Å². The predicted octanol–water partition coefficient (Wildman–Crippen LogP) is 5.96. The molecule has 0 radical (unpaired) electrons. The minimum Gasteiger partial charge on any atom is -0.488 e. The molecule has 0 saturated carbocycles. The summed E-state index contributed by atoms with van der Waals surface area (Å²) in [6, 6.07) is 17.5. The van der Waals surface area contributed by atoms with Crippen molar-refractivity contribution in [2.75, 3.05) is 10.6 Å². The molecule has 2 aromatic carbocycles. The van der Waals surface area contributed by atoms with Gasteiger partial charge in [0.2, 0.25) is 12.3 Å². The van der Waals surface area contributed by atoms with Crippen molar-refractivity contribution in [1.29, 1.82) is 0 Å². The SMILES string of the molecule is CC(=O)Nc1cc(COc2cccc3[nH]cc(C)c23)ccn1.CC(C)(C)c1ccc(NC=O)cc1. The molecule has 0 bridgehead atoms. The number of aromatic nitrogens is 2. The highest BCUT2D eigenvalue weighted by atomic mass is 16.5. The van der Waals surface area contributed by atoms with E-state index in [9.17, 15) is 9.59 Å². The van der Waals surface area contributed by atoms with Crippen molar-refractivity contribution in [2.24, 2.45) is 0 Å². The van der Waals surface area contributed by atoms with Crippen LogP contribution in [0.3, 0.4) is 0 Å². The van der Waals surface area contributed by atoms with E-state index in [1.807, 2.05) is 67.7 Å². The number of hydrogen-bond donors (Lipinski definition) is 3. The maximum Gasteiger partial charge on any atom is 0.222 e. The Hall–Kier alpha value is -4.13. The van der Waals surface area contributed by atoms with Crippen LogP contribution in [0, 0.1) is 6.92 Å². The normalized spacial score (nSPS) is 10.8. The summed E-state index contributed by atoms with van der Waals surface area (Å²) in [5.41, 5.74) is 5.43. The molecule has 4 rings (SSSR count). The van der Waals surface area contributed by atoms with Gasteiger partial charge in [0.15, 0.2) is 0 Å². The number of anilines is 2. The van der Waals surface area contributed by atoms with E-state index in [1.165, 1.54) is 12.5 Å². The summed E-state index contributed by atoms with van der Waals surface area (Å²) < 4.78 is 5.94. The first kappa shape index (κ1) is 25.5. The Morgan fingerprint density at radius 3 is 2.51 bits per heavy atom. The first-order valence-electron chi connectivity index (χ1n) is 11.4. The Labute approximate surface area is 205 Å². The molecular weight excluding hydrogens is 440 g/mol. The lowest BCUT2D eigenvalue weighted by Gasteiger charge is -2.18. The number of amides is 2. The summed E-state index contributed by atoms with van der Waals surface area (Å²) in [5.74, 6) is 1.23. The number of aromatic amines is 1. The molecule has 35 heavy (non-hydrogen) atoms. The molecule has 0 fully saturated rings. The summed E-state index contributed by atoms with van der Waals surface area (Å²) in [6.07, 6.45) is 4.32. The van der Waals surface area contributed by atoms with Crippen LogP contribution in [0.2, 0.25) is 0 Å². The van der Waals surface area contributed by atoms with Crippen molar-refractivity contribution >= 4 is 34.7 Å². The molecule has 7 nitrogen and oxygen atoms in total. The largest absolute Gasteiger partial charge is 0.488 e. The minimum atomic E-state index is -0.140. The van der Waals surface area contributed by atoms with Crippen LogP contribution in [0.5, 0.6) is 5.75 Å². The second-order valence-corrected chi connectivity index (χ2v) is 9.26. The van der Waals surface area contributed by atoms with E-state index in [1.54, 1.807) is 6.20 Å². The number of H-pyrrole nitrogens is 1. The first-order valence-corrected chi connectivity index (χ1v) is 11.4. The topological polar surface area (TPSA) is 96.1 Å². The third kappa shape index (κ3) is 7.17. The third-order valence-corrected chi connectivity index (χ3v) is 5.36. The van der Waals surface area contributed by atoms with Gasteiger partial charge in [-0.2, -0.15) is 0 Å². The number of pyridine rings is 1. The van der Waals surface area contributed by atoms with Gasteiger partial charge in [-0.15, -0.1) is 0 Å². The number of ether oxygens (including phenoxy) is 1. The number of carbonyl (C=O) groups is 2. The Kier molecular flexibility index (Phi) is 8.25. The van der Waals surface area contributed by atoms with Crippen LogP contribution in [-0.4, -0.2) is 22.3 Å². The number of nitrogens with one attached hydrogen (secondary N) is 3. The van der Waals surface area contributed by atoms with E-state index in [0.29, 0.717) is 18.8 Å². The van der Waals surface area contributed by atoms with E-state index >= 15 is 0 Å². The fourth-order valence-electron chi connectivity index (χ4n) is 3.54. The van der Waals surface area contributed by atoms with Crippen molar-refractivity contribution in [3.8, 4) is 5.75 Å². The van der Waals surface area contributed by atoms with E-state index in [4.69, 9.17) is 4.74 Å². The molecule has 2 aromatic heterocycles. The Bertz CT molecular complexity index is 1290. The summed E-state index contributed by atoms with van der Waals surface area (Å²) in [5, 5.41) is 6.37. The van der Waals surface area contributed by atoms with Crippen molar-refractivity contribution in [1.82, 2.24) is 9.97 Å². The van der Waals surface area contributed by atoms with Crippen molar-refractivity contribution in [3.63, 3.8) is 0 Å². The van der Waals surface area contributed by atoms with Crippen molar-refractivity contribution in [3.05, 3.63) is 83.7 Å². The van der Waals surface area contributed by atoms with Gasteiger partial charge in [0, 0.05) is 35.9 Å². The van der Waals surface area contributed by atoms with E-state index < -0.39 is 0 Å². The lowest BCUT2D eigenvalue weighted by atomic mass is 9.87. The van der Waals surface area contributed by atoms with Gasteiger partial charge in [0.25, 0.3) is 0 Å². The van der Waals surface area contributed by atoms with Crippen LogP contribution in [0.4, 0.5) is 11.5 Å². The van der Waals surface area contributed by atoms with E-state index in [2.05, 4.69) is 41.4 Å². The van der Waals surface area contributed by atoms with Gasteiger partial charge >= 0.3 is 0 Å². The van der Waals surface area contributed by atoms with Crippen LogP contribution in [-0.2, 0) is 21.6 Å². The second kappa shape index (κ2) is 11.3. The number of aryl methyl sites for hydroxylation is 1. The maximum atomic E-state index is 11.1. The highest BCUT2D eigenvalue weighted by Gasteiger charge is 2.12. The summed E-state index contributed by atoms with van der Waals surface area (Å²) in [7, 11) is 0. The average molecular weight is 473 g/mol. The van der Waals surface area contributed by atoms with Gasteiger partial charge in [-0.05, 0) is 65.4 Å². The molecule has 182 valence electrons. The standard InChI is InChI=1S/C17H17N3O2.C11H15NO/c1-11-9-19-14-4-3-5-15(17(11)14)22-10-13-6-7-18-16(8-13)20-12(2)21;1-11(2,3)9-4-6-10(7-5-9)12-8-13/h3-9,19H,10H2,1-2H3,(H,18,20,21);4-8H,1-3H3,(H,12,13). The first-order chi connectivity index (χ1) is 16.7. The molecule has 7 heteroatoms. The molecule has 3 N–H and O–H groups in total. The minimum absolute atomic E-state index is 0.140. The van der Waals surface area contributed by atoms with Gasteiger partial charge in [-0.3, -0.25) is 9.59 Å². The number of nitrogens with zero attached hydrogens (tertiary/aromatic N) is 1. The lowest BCUT2D eigenvalue weighted by molar-refractivity contribution is -0.114. The smallest absolute Gasteiger partial charge is 0.222 e. The number of benzene rings is 2. The quantitative estimate of drug-likeness (QED) is 0.302. The zero-order valence-corrected chi connectivity index (χ0v) is 20.8. The monoisotopic (exact) mass is 472 g/mol. The Morgan fingerprint density at radius 1 is 1.11 bits per heavy atom. The van der Waals surface area contributed by atoms with Gasteiger partial charge in [0.1, 0.15) is 18.2 Å². The zero-order valence-electron chi connectivity index (χ0n) is 20.8. The van der Waals surface area contributed by atoms with Crippen LogP contribution >= 0.6 is 0 Å². The highest BCUT2D eigenvalue weighted by Crippen LogP contribution is 2.29. The predicted molar refractivity (Wildman–Crippen MR) is 141 cm³/mol. The Morgan fingerprint density at radius 2 is 1.86 bits per heavy atom. The molecule has 4 aromatic rings. The van der Waals surface area contributed by atoms with Gasteiger partial charge in [0.05, 0.1) is 0 Å². The van der Waals surface area contributed by atoms with Gasteiger partial charge < -0.3 is 20.4 Å². The summed E-state index contributed by atoms with van der Waals surface area (Å²) >= 11 is 0. The molecule has 2 amide bonds. The Balaban J connectivity index is 0.000000225. The van der Waals surface area contributed by atoms with Gasteiger partial charge in [-0.25, -0.2) is 4.98 Å². The number of rotatable bonds is 6. The average Bonchev–Trinajstić information content (AvgIpc) is 3.19. The fraction of sp³-hybridized carbons (Fsp3) is 0.250.